The molecule has 0 unspecified atom stereocenters. The Hall–Kier alpha value is -2.84. The van der Waals surface area contributed by atoms with Gasteiger partial charge in [-0.3, -0.25) is 0 Å². The number of likely N-dealkylation sites (tertiary alicyclic amines) is 1. The summed E-state index contributed by atoms with van der Waals surface area (Å²) in [5, 5.41) is 10.5. The molecule has 3 heterocycles. The Morgan fingerprint density at radius 2 is 1.96 bits per heavy atom. The lowest BCUT2D eigenvalue weighted by Gasteiger charge is -2.31. The average Bonchev–Trinajstić information content (AvgIpc) is 3.00. The zero-order valence-corrected chi connectivity index (χ0v) is 15.3. The topological polar surface area (TPSA) is 105 Å². The zero-order valence-electron chi connectivity index (χ0n) is 15.3. The fourth-order valence-electron chi connectivity index (χ4n) is 2.89. The molecule has 2 N–H and O–H groups in total. The summed E-state index contributed by atoms with van der Waals surface area (Å²) in [5.41, 5.74) is 0. The number of ether oxygens (including phenoxy) is 1. The van der Waals surface area contributed by atoms with Crippen molar-refractivity contribution in [3.63, 3.8) is 0 Å². The number of nitrogens with zero attached hydrogens (tertiary/aromatic N) is 4. The van der Waals surface area contributed by atoms with E-state index in [-0.39, 0.29) is 12.1 Å². The van der Waals surface area contributed by atoms with E-state index in [0.29, 0.717) is 37.2 Å². The molecule has 1 saturated heterocycles. The summed E-state index contributed by atoms with van der Waals surface area (Å²) in [6.45, 7) is 7.23. The molecule has 1 aliphatic heterocycles. The van der Waals surface area contributed by atoms with E-state index in [1.54, 1.807) is 11.0 Å². The first-order chi connectivity index (χ1) is 12.5. The van der Waals surface area contributed by atoms with Crippen LogP contribution >= 0.6 is 0 Å². The van der Waals surface area contributed by atoms with Crippen LogP contribution in [0.4, 0.5) is 22.2 Å². The molecule has 26 heavy (non-hydrogen) atoms. The Bertz CT molecular complexity index is 755. The highest BCUT2D eigenvalue weighted by atomic mass is 16.6. The maximum Gasteiger partial charge on any atom is 0.409 e. The predicted octanol–water partition coefficient (Wildman–Crippen LogP) is 2.86. The molecular formula is C17H24N6O3. The molecular weight excluding hydrogens is 336 g/mol. The summed E-state index contributed by atoms with van der Waals surface area (Å²) in [6.07, 6.45) is 1.44. The van der Waals surface area contributed by atoms with Crippen molar-refractivity contribution in [2.45, 2.75) is 39.7 Å². The van der Waals surface area contributed by atoms with Crippen LogP contribution in [0.5, 0.6) is 0 Å². The second kappa shape index (κ2) is 8.03. The largest absolute Gasteiger partial charge is 0.450 e. The highest BCUT2D eigenvalue weighted by Gasteiger charge is 2.23. The van der Waals surface area contributed by atoms with E-state index in [4.69, 9.17) is 9.26 Å². The summed E-state index contributed by atoms with van der Waals surface area (Å²) >= 11 is 0. The van der Waals surface area contributed by atoms with Gasteiger partial charge in [-0.1, -0.05) is 5.16 Å². The van der Waals surface area contributed by atoms with Crippen LogP contribution in [0.15, 0.2) is 16.7 Å². The molecule has 2 aromatic rings. The number of piperidine rings is 1. The zero-order chi connectivity index (χ0) is 18.5. The maximum atomic E-state index is 11.8. The molecule has 1 aliphatic rings. The van der Waals surface area contributed by atoms with Gasteiger partial charge in [0, 0.05) is 31.3 Å². The standard InChI is InChI=1S/C17H24N6O3/c1-4-25-17(24)23-7-5-13(6-8-23)20-14-10-15(19-12(3)18-14)21-16-9-11(2)26-22-16/h9-10,13H,4-8H2,1-3H3,(H2,18,19,20,21,22). The smallest absolute Gasteiger partial charge is 0.409 e. The number of amides is 1. The van der Waals surface area contributed by atoms with Crippen LogP contribution in [0.3, 0.4) is 0 Å². The normalized spacial score (nSPS) is 15.0. The van der Waals surface area contributed by atoms with Crippen molar-refractivity contribution in [3.05, 3.63) is 23.7 Å². The minimum absolute atomic E-state index is 0.238. The summed E-state index contributed by atoms with van der Waals surface area (Å²) in [7, 11) is 0. The van der Waals surface area contributed by atoms with E-state index < -0.39 is 0 Å². The second-order valence-corrected chi connectivity index (χ2v) is 6.24. The predicted molar refractivity (Wildman–Crippen MR) is 96.5 cm³/mol. The number of carbonyl (C=O) groups excluding carboxylic acids is 1. The molecule has 0 saturated carbocycles. The van der Waals surface area contributed by atoms with Crippen LogP contribution in [0.1, 0.15) is 31.4 Å². The van der Waals surface area contributed by atoms with Crippen molar-refractivity contribution < 1.29 is 14.1 Å². The van der Waals surface area contributed by atoms with Crippen molar-refractivity contribution in [2.24, 2.45) is 0 Å². The summed E-state index contributed by atoms with van der Waals surface area (Å²) in [5.74, 6) is 3.38. The van der Waals surface area contributed by atoms with E-state index >= 15 is 0 Å². The molecule has 2 aromatic heterocycles. The minimum Gasteiger partial charge on any atom is -0.450 e. The molecule has 0 radical (unpaired) electrons. The third-order valence-corrected chi connectivity index (χ3v) is 4.10. The lowest BCUT2D eigenvalue weighted by Crippen LogP contribution is -2.42. The van der Waals surface area contributed by atoms with E-state index in [1.165, 1.54) is 0 Å². The van der Waals surface area contributed by atoms with Gasteiger partial charge in [0.1, 0.15) is 23.2 Å². The molecule has 0 atom stereocenters. The van der Waals surface area contributed by atoms with Gasteiger partial charge in [-0.25, -0.2) is 14.8 Å². The Labute approximate surface area is 152 Å². The second-order valence-electron chi connectivity index (χ2n) is 6.24. The highest BCUT2D eigenvalue weighted by Crippen LogP contribution is 2.20. The number of carbonyl (C=O) groups is 1. The van der Waals surface area contributed by atoms with Gasteiger partial charge in [-0.2, -0.15) is 0 Å². The Balaban J connectivity index is 1.59. The van der Waals surface area contributed by atoms with Crippen LogP contribution in [-0.4, -0.2) is 51.9 Å². The molecule has 3 rings (SSSR count). The fourth-order valence-corrected chi connectivity index (χ4v) is 2.89. The lowest BCUT2D eigenvalue weighted by molar-refractivity contribution is 0.0983. The van der Waals surface area contributed by atoms with Crippen LogP contribution in [0.2, 0.25) is 0 Å². The van der Waals surface area contributed by atoms with Crippen LogP contribution in [-0.2, 0) is 4.74 Å². The van der Waals surface area contributed by atoms with E-state index in [9.17, 15) is 4.79 Å². The number of anilines is 3. The quantitative estimate of drug-likeness (QED) is 0.838. The van der Waals surface area contributed by atoms with Gasteiger partial charge in [0.05, 0.1) is 6.61 Å². The van der Waals surface area contributed by atoms with Crippen molar-refractivity contribution >= 4 is 23.5 Å². The Morgan fingerprint density at radius 1 is 1.23 bits per heavy atom. The molecule has 9 heteroatoms. The van der Waals surface area contributed by atoms with Crippen molar-refractivity contribution in [1.82, 2.24) is 20.0 Å². The molecule has 0 spiro atoms. The van der Waals surface area contributed by atoms with Crippen LogP contribution in [0.25, 0.3) is 0 Å². The summed E-state index contributed by atoms with van der Waals surface area (Å²) in [4.78, 5) is 22.3. The van der Waals surface area contributed by atoms with E-state index in [0.717, 1.165) is 24.4 Å². The van der Waals surface area contributed by atoms with Gasteiger partial charge in [0.25, 0.3) is 0 Å². The number of hydrogen-bond acceptors (Lipinski definition) is 8. The van der Waals surface area contributed by atoms with Gasteiger partial charge in [-0.05, 0) is 33.6 Å². The Morgan fingerprint density at radius 3 is 2.62 bits per heavy atom. The minimum atomic E-state index is -0.238. The summed E-state index contributed by atoms with van der Waals surface area (Å²) in [6, 6.07) is 3.89. The van der Waals surface area contributed by atoms with Gasteiger partial charge in [0.15, 0.2) is 5.82 Å². The molecule has 0 aliphatic carbocycles. The van der Waals surface area contributed by atoms with Gasteiger partial charge >= 0.3 is 6.09 Å². The Kier molecular flexibility index (Phi) is 5.55. The molecule has 1 amide bonds. The van der Waals surface area contributed by atoms with Gasteiger partial charge in [-0.15, -0.1) is 0 Å². The third kappa shape index (κ3) is 4.62. The average molecular weight is 360 g/mol. The lowest BCUT2D eigenvalue weighted by atomic mass is 10.1. The first-order valence-corrected chi connectivity index (χ1v) is 8.77. The number of nitrogens with one attached hydrogen (secondary N) is 2. The molecule has 9 nitrogen and oxygen atoms in total. The molecule has 0 bridgehead atoms. The van der Waals surface area contributed by atoms with E-state index in [2.05, 4.69) is 25.8 Å². The highest BCUT2D eigenvalue weighted by molar-refractivity contribution is 5.67. The van der Waals surface area contributed by atoms with Gasteiger partial charge in [0.2, 0.25) is 0 Å². The number of aryl methyl sites for hydroxylation is 2. The van der Waals surface area contributed by atoms with Crippen molar-refractivity contribution in [2.75, 3.05) is 30.3 Å². The SMILES string of the molecule is CCOC(=O)N1CCC(Nc2cc(Nc3cc(C)on3)nc(C)n2)CC1. The molecule has 140 valence electrons. The van der Waals surface area contributed by atoms with Gasteiger partial charge < -0.3 is 24.8 Å². The van der Waals surface area contributed by atoms with Crippen LogP contribution in [0, 0.1) is 13.8 Å². The van der Waals surface area contributed by atoms with Crippen molar-refractivity contribution in [3.8, 4) is 0 Å². The molecule has 1 fully saturated rings. The number of hydrogen-bond donors (Lipinski definition) is 2. The fraction of sp³-hybridized carbons (Fsp3) is 0.529. The third-order valence-electron chi connectivity index (χ3n) is 4.10. The number of rotatable bonds is 5. The van der Waals surface area contributed by atoms with Crippen molar-refractivity contribution in [1.29, 1.82) is 0 Å². The first-order valence-electron chi connectivity index (χ1n) is 8.77. The molecule has 0 aromatic carbocycles. The first kappa shape index (κ1) is 18.0. The summed E-state index contributed by atoms with van der Waals surface area (Å²) < 4.78 is 10.1. The van der Waals surface area contributed by atoms with Crippen LogP contribution < -0.4 is 10.6 Å². The van der Waals surface area contributed by atoms with E-state index in [1.807, 2.05) is 26.8 Å². The monoisotopic (exact) mass is 360 g/mol. The maximum absolute atomic E-state index is 11.8. The number of aromatic nitrogens is 3.